The Hall–Kier alpha value is -2.33. The first-order chi connectivity index (χ1) is 14.4. The average Bonchev–Trinajstić information content (AvgIpc) is 2.77. The summed E-state index contributed by atoms with van der Waals surface area (Å²) >= 11 is 0. The van der Waals surface area contributed by atoms with Crippen LogP contribution >= 0.6 is 0 Å². The second kappa shape index (κ2) is 9.65. The summed E-state index contributed by atoms with van der Waals surface area (Å²) in [5.74, 6) is 1.04. The zero-order valence-electron chi connectivity index (χ0n) is 18.8. The van der Waals surface area contributed by atoms with E-state index in [-0.39, 0.29) is 16.9 Å². The van der Waals surface area contributed by atoms with Gasteiger partial charge in [0, 0.05) is 37.6 Å². The van der Waals surface area contributed by atoms with E-state index in [0.29, 0.717) is 13.1 Å². The number of carbonyl (C=O) groups is 1. The molecule has 2 unspecified atom stereocenters. The number of ether oxygens (including phenoxy) is 2. The van der Waals surface area contributed by atoms with Gasteiger partial charge >= 0.3 is 0 Å². The molecule has 1 aliphatic rings. The van der Waals surface area contributed by atoms with Crippen molar-refractivity contribution in [3.05, 3.63) is 65.7 Å². The Morgan fingerprint density at radius 2 is 1.83 bits per heavy atom. The van der Waals surface area contributed by atoms with Crippen LogP contribution in [0.2, 0.25) is 0 Å². The van der Waals surface area contributed by atoms with Crippen molar-refractivity contribution in [3.63, 3.8) is 0 Å². The topological polar surface area (TPSA) is 38.8 Å². The molecule has 0 spiro atoms. The van der Waals surface area contributed by atoms with E-state index in [1.165, 1.54) is 5.56 Å². The molecule has 0 saturated carbocycles. The fraction of sp³-hybridized carbons (Fsp3) is 0.500. The molecule has 2 atom stereocenters. The third-order valence-corrected chi connectivity index (χ3v) is 6.69. The lowest BCUT2D eigenvalue weighted by Gasteiger charge is -2.47. The molecule has 4 nitrogen and oxygen atoms in total. The van der Waals surface area contributed by atoms with Crippen molar-refractivity contribution in [2.45, 2.75) is 64.0 Å². The van der Waals surface area contributed by atoms with Gasteiger partial charge in [-0.2, -0.15) is 0 Å². The quantitative estimate of drug-likeness (QED) is 0.590. The monoisotopic (exact) mass is 409 g/mol. The lowest BCUT2D eigenvalue weighted by atomic mass is 9.66. The highest BCUT2D eigenvalue weighted by Gasteiger charge is 2.44. The maximum atomic E-state index is 12.4. The third kappa shape index (κ3) is 5.04. The number of para-hydroxylation sites is 1. The van der Waals surface area contributed by atoms with Gasteiger partial charge < -0.3 is 14.4 Å². The molecule has 1 amide bonds. The molecule has 1 fully saturated rings. The predicted octanol–water partition coefficient (Wildman–Crippen LogP) is 5.35. The fourth-order valence-electron chi connectivity index (χ4n) is 4.74. The van der Waals surface area contributed by atoms with Crippen molar-refractivity contribution in [2.75, 3.05) is 20.3 Å². The van der Waals surface area contributed by atoms with Gasteiger partial charge in [-0.25, -0.2) is 0 Å². The van der Waals surface area contributed by atoms with E-state index in [4.69, 9.17) is 9.47 Å². The van der Waals surface area contributed by atoms with Gasteiger partial charge in [-0.15, -0.1) is 0 Å². The summed E-state index contributed by atoms with van der Waals surface area (Å²) < 4.78 is 11.9. The molecule has 0 bridgehead atoms. The second-order valence-corrected chi connectivity index (χ2v) is 8.74. The molecule has 4 heteroatoms. The Balaban J connectivity index is 1.89. The molecule has 2 aromatic carbocycles. The van der Waals surface area contributed by atoms with Crippen molar-refractivity contribution >= 4 is 5.91 Å². The van der Waals surface area contributed by atoms with Gasteiger partial charge in [0.05, 0.1) is 12.7 Å². The summed E-state index contributed by atoms with van der Waals surface area (Å²) in [7, 11) is 1.74. The minimum absolute atomic E-state index is 0.0833. The number of hydrogen-bond donors (Lipinski definition) is 0. The number of benzene rings is 2. The fourth-order valence-corrected chi connectivity index (χ4v) is 4.74. The van der Waals surface area contributed by atoms with Gasteiger partial charge in [-0.3, -0.25) is 4.79 Å². The van der Waals surface area contributed by atoms with Crippen molar-refractivity contribution in [1.29, 1.82) is 0 Å². The molecule has 1 saturated heterocycles. The Kier molecular flexibility index (Phi) is 7.19. The Bertz CT molecular complexity index is 837. The van der Waals surface area contributed by atoms with Gasteiger partial charge in [0.1, 0.15) is 5.75 Å². The number of methoxy groups -OCH3 is 1. The summed E-state index contributed by atoms with van der Waals surface area (Å²) in [6, 6.07) is 18.5. The number of rotatable bonds is 8. The van der Waals surface area contributed by atoms with E-state index in [2.05, 4.69) is 38.1 Å². The first-order valence-electron chi connectivity index (χ1n) is 11.0. The average molecular weight is 410 g/mol. The normalized spacial score (nSPS) is 23.7. The number of carbonyl (C=O) groups excluding carboxylic acids is 1. The van der Waals surface area contributed by atoms with E-state index >= 15 is 0 Å². The van der Waals surface area contributed by atoms with Crippen LogP contribution in [-0.2, 0) is 21.5 Å². The van der Waals surface area contributed by atoms with Crippen molar-refractivity contribution < 1.29 is 14.3 Å². The van der Waals surface area contributed by atoms with E-state index < -0.39 is 0 Å². The van der Waals surface area contributed by atoms with Gasteiger partial charge in [-0.1, -0.05) is 55.5 Å². The lowest BCUT2D eigenvalue weighted by Crippen LogP contribution is -2.47. The van der Waals surface area contributed by atoms with Crippen LogP contribution in [0.4, 0.5) is 0 Å². The zero-order chi connectivity index (χ0) is 21.6. The maximum absolute atomic E-state index is 12.4. The van der Waals surface area contributed by atoms with Crippen molar-refractivity contribution in [1.82, 2.24) is 4.90 Å². The summed E-state index contributed by atoms with van der Waals surface area (Å²) in [6.07, 6.45) is 3.71. The van der Waals surface area contributed by atoms with Gasteiger partial charge in [0.25, 0.3) is 0 Å². The summed E-state index contributed by atoms with van der Waals surface area (Å²) in [4.78, 5) is 14.4. The van der Waals surface area contributed by atoms with E-state index in [0.717, 1.165) is 43.6 Å². The standard InChI is InChI=1S/C26H35NO3/c1-5-25(3)20-26(16-18-30-25,23-13-9-10-14-24(23)29-4)15-17-27(21(2)28)19-22-11-7-6-8-12-22/h6-14H,5,15-20H2,1-4H3. The highest BCUT2D eigenvalue weighted by molar-refractivity contribution is 5.73. The molecular formula is C26H35NO3. The minimum Gasteiger partial charge on any atom is -0.496 e. The zero-order valence-corrected chi connectivity index (χ0v) is 18.8. The van der Waals surface area contributed by atoms with Crippen LogP contribution in [0.15, 0.2) is 54.6 Å². The SMILES string of the molecule is CCC1(C)CC(CCN(Cc2ccccc2)C(C)=O)(c2ccccc2OC)CCO1. The number of hydrogen-bond acceptors (Lipinski definition) is 3. The smallest absolute Gasteiger partial charge is 0.219 e. The van der Waals surface area contributed by atoms with Crippen LogP contribution in [0.5, 0.6) is 5.75 Å². The summed E-state index contributed by atoms with van der Waals surface area (Å²) in [5, 5.41) is 0. The third-order valence-electron chi connectivity index (χ3n) is 6.69. The van der Waals surface area contributed by atoms with E-state index in [1.54, 1.807) is 14.0 Å². The molecular weight excluding hydrogens is 374 g/mol. The number of nitrogens with zero attached hydrogens (tertiary/aromatic N) is 1. The van der Waals surface area contributed by atoms with E-state index in [9.17, 15) is 4.79 Å². The van der Waals surface area contributed by atoms with Crippen molar-refractivity contribution in [2.24, 2.45) is 0 Å². The Morgan fingerprint density at radius 1 is 1.13 bits per heavy atom. The molecule has 1 heterocycles. The molecule has 0 aromatic heterocycles. The maximum Gasteiger partial charge on any atom is 0.219 e. The Labute approximate surface area is 181 Å². The highest BCUT2D eigenvalue weighted by Crippen LogP contribution is 2.48. The predicted molar refractivity (Wildman–Crippen MR) is 121 cm³/mol. The van der Waals surface area contributed by atoms with Crippen LogP contribution in [-0.4, -0.2) is 36.7 Å². The first kappa shape index (κ1) is 22.4. The van der Waals surface area contributed by atoms with Gasteiger partial charge in [0.2, 0.25) is 5.91 Å². The lowest BCUT2D eigenvalue weighted by molar-refractivity contribution is -0.130. The molecule has 30 heavy (non-hydrogen) atoms. The van der Waals surface area contributed by atoms with Gasteiger partial charge in [0.15, 0.2) is 0 Å². The molecule has 0 aliphatic carbocycles. The van der Waals surface area contributed by atoms with Crippen molar-refractivity contribution in [3.8, 4) is 5.75 Å². The van der Waals surface area contributed by atoms with Gasteiger partial charge in [-0.05, 0) is 44.2 Å². The molecule has 2 aromatic rings. The second-order valence-electron chi connectivity index (χ2n) is 8.74. The molecule has 0 N–H and O–H groups in total. The van der Waals surface area contributed by atoms with Crippen LogP contribution < -0.4 is 4.74 Å². The molecule has 3 rings (SSSR count). The summed E-state index contributed by atoms with van der Waals surface area (Å²) in [6.45, 7) is 8.14. The van der Waals surface area contributed by atoms with E-state index in [1.807, 2.05) is 35.2 Å². The van der Waals surface area contributed by atoms with Crippen LogP contribution in [0.25, 0.3) is 0 Å². The van der Waals surface area contributed by atoms with Crippen LogP contribution in [0, 0.1) is 0 Å². The van der Waals surface area contributed by atoms with Crippen LogP contribution in [0.1, 0.15) is 57.6 Å². The minimum atomic E-state index is -0.167. The first-order valence-corrected chi connectivity index (χ1v) is 11.0. The molecule has 1 aliphatic heterocycles. The Morgan fingerprint density at radius 3 is 2.50 bits per heavy atom. The molecule has 162 valence electrons. The van der Waals surface area contributed by atoms with Crippen LogP contribution in [0.3, 0.4) is 0 Å². The number of amides is 1. The highest BCUT2D eigenvalue weighted by atomic mass is 16.5. The summed E-state index contributed by atoms with van der Waals surface area (Å²) in [5.41, 5.74) is 2.14. The largest absolute Gasteiger partial charge is 0.496 e. The molecule has 0 radical (unpaired) electrons.